The fourth-order valence-corrected chi connectivity index (χ4v) is 2.85. The van der Waals surface area contributed by atoms with Gasteiger partial charge in [0, 0.05) is 24.1 Å². The number of rotatable bonds is 1. The molecule has 0 saturated heterocycles. The lowest BCUT2D eigenvalue weighted by Crippen LogP contribution is -2.46. The average molecular weight is 307 g/mol. The first-order valence-electron chi connectivity index (χ1n) is 7.17. The molecule has 2 aromatic rings. The quantitative estimate of drug-likeness (QED) is 0.817. The van der Waals surface area contributed by atoms with Crippen molar-refractivity contribution in [1.29, 1.82) is 0 Å². The molecule has 1 aromatic heterocycles. The van der Waals surface area contributed by atoms with Gasteiger partial charge >= 0.3 is 5.63 Å². The Labute approximate surface area is 131 Å². The summed E-state index contributed by atoms with van der Waals surface area (Å²) in [4.78, 5) is 28.5. The Balaban J connectivity index is 2.03. The van der Waals surface area contributed by atoms with Crippen LogP contribution in [0.3, 0.4) is 0 Å². The molecular weight excluding hydrogens is 294 g/mol. The van der Waals surface area contributed by atoms with Gasteiger partial charge in [0.1, 0.15) is 16.8 Å². The summed E-state index contributed by atoms with van der Waals surface area (Å²) in [5, 5.41) is 2.41. The van der Waals surface area contributed by atoms with Crippen LogP contribution in [-0.4, -0.2) is 16.6 Å². The second-order valence-electron chi connectivity index (χ2n) is 5.42. The highest BCUT2D eigenvalue weighted by Crippen LogP contribution is 2.27. The van der Waals surface area contributed by atoms with Crippen LogP contribution in [0.5, 0.6) is 0 Å². The van der Waals surface area contributed by atoms with Gasteiger partial charge in [0.25, 0.3) is 0 Å². The first-order valence-corrected chi connectivity index (χ1v) is 7.17. The number of carbonyl (C=O) groups excluding carboxylic acids is 1. The van der Waals surface area contributed by atoms with Crippen molar-refractivity contribution < 1.29 is 9.21 Å². The van der Waals surface area contributed by atoms with Crippen LogP contribution in [0.2, 0.25) is 0 Å². The van der Waals surface area contributed by atoms with Gasteiger partial charge in [-0.15, -0.1) is 0 Å². The van der Waals surface area contributed by atoms with Crippen molar-refractivity contribution >= 4 is 28.7 Å². The Morgan fingerprint density at radius 1 is 1.30 bits per heavy atom. The zero-order chi connectivity index (χ0) is 16.1. The highest BCUT2D eigenvalue weighted by atomic mass is 16.4. The summed E-state index contributed by atoms with van der Waals surface area (Å²) in [6, 6.07) is 7.37. The summed E-state index contributed by atoms with van der Waals surface area (Å²) in [5.41, 5.74) is 5.18. The predicted molar refractivity (Wildman–Crippen MR) is 86.4 cm³/mol. The maximum atomic E-state index is 12.4. The number of amidine groups is 1. The van der Waals surface area contributed by atoms with Gasteiger partial charge in [-0.25, -0.2) is 14.8 Å². The largest absolute Gasteiger partial charge is 0.422 e. The van der Waals surface area contributed by atoms with E-state index in [0.717, 1.165) is 10.9 Å². The molecule has 1 N–H and O–H groups in total. The number of hydrogen-bond acceptors (Lipinski definition) is 6. The van der Waals surface area contributed by atoms with Crippen LogP contribution in [0.15, 0.2) is 56.1 Å². The highest BCUT2D eigenvalue weighted by molar-refractivity contribution is 6.09. The number of nitrogens with one attached hydrogen (secondary N) is 1. The van der Waals surface area contributed by atoms with Crippen LogP contribution in [0.1, 0.15) is 25.0 Å². The van der Waals surface area contributed by atoms with E-state index >= 15 is 0 Å². The topological polar surface area (TPSA) is 74.9 Å². The molecule has 0 amide bonds. The van der Waals surface area contributed by atoms with Crippen molar-refractivity contribution in [2.24, 2.45) is 4.99 Å². The molecule has 0 unspecified atom stereocenters. The van der Waals surface area contributed by atoms with Gasteiger partial charge in [-0.2, -0.15) is 0 Å². The molecule has 4 rings (SSSR count). The minimum absolute atomic E-state index is 0.116. The van der Waals surface area contributed by atoms with E-state index in [1.54, 1.807) is 24.2 Å². The molecule has 0 fully saturated rings. The minimum atomic E-state index is -0.451. The molecule has 2 aliphatic heterocycles. The third kappa shape index (κ3) is 1.92. The monoisotopic (exact) mass is 307 g/mol. The maximum absolute atomic E-state index is 12.4. The zero-order valence-corrected chi connectivity index (χ0v) is 12.6. The molecule has 0 spiro atoms. The van der Waals surface area contributed by atoms with Crippen LogP contribution in [0.25, 0.3) is 17.0 Å². The van der Waals surface area contributed by atoms with Crippen molar-refractivity contribution in [2.75, 3.05) is 0 Å². The van der Waals surface area contributed by atoms with Crippen molar-refractivity contribution in [3.8, 4) is 0 Å². The molecule has 114 valence electrons. The van der Waals surface area contributed by atoms with Gasteiger partial charge in [-0.3, -0.25) is 10.2 Å². The van der Waals surface area contributed by atoms with Gasteiger partial charge < -0.3 is 4.42 Å². The molecule has 0 radical (unpaired) electrons. The summed E-state index contributed by atoms with van der Waals surface area (Å²) < 4.78 is 5.41. The Morgan fingerprint density at radius 3 is 2.87 bits per heavy atom. The van der Waals surface area contributed by atoms with E-state index < -0.39 is 5.63 Å². The number of hydrazine groups is 1. The van der Waals surface area contributed by atoms with Crippen LogP contribution in [0.4, 0.5) is 0 Å². The molecule has 1 aromatic carbocycles. The summed E-state index contributed by atoms with van der Waals surface area (Å²) >= 11 is 0. The lowest BCUT2D eigenvalue weighted by atomic mass is 10.0. The fraction of sp³-hybridized carbons (Fsp3) is 0.118. The molecule has 0 saturated carbocycles. The van der Waals surface area contributed by atoms with E-state index in [4.69, 9.17) is 4.42 Å². The number of nitrogens with zero attached hydrogens (tertiary/aromatic N) is 2. The number of hydrogen-bond donors (Lipinski definition) is 1. The Hall–Kier alpha value is -3.15. The van der Waals surface area contributed by atoms with Crippen LogP contribution < -0.4 is 11.1 Å². The maximum Gasteiger partial charge on any atom is 0.348 e. The number of benzene rings is 1. The van der Waals surface area contributed by atoms with Crippen LogP contribution in [0, 0.1) is 0 Å². The minimum Gasteiger partial charge on any atom is -0.422 e. The van der Waals surface area contributed by atoms with E-state index in [-0.39, 0.29) is 5.78 Å². The van der Waals surface area contributed by atoms with E-state index in [2.05, 4.69) is 10.4 Å². The molecule has 0 aliphatic carbocycles. The van der Waals surface area contributed by atoms with Crippen LogP contribution in [-0.2, 0) is 4.79 Å². The number of Topliss-reactive ketones (excluding diaryl/α,β-unsaturated/α-hetero) is 1. The number of para-hydroxylation sites is 1. The smallest absolute Gasteiger partial charge is 0.348 e. The van der Waals surface area contributed by atoms with E-state index in [9.17, 15) is 9.59 Å². The second-order valence-corrected chi connectivity index (χ2v) is 5.42. The number of allylic oxidation sites excluding steroid dienone is 2. The summed E-state index contributed by atoms with van der Waals surface area (Å²) in [7, 11) is 0. The second kappa shape index (κ2) is 4.67. The first-order chi connectivity index (χ1) is 11.1. The lowest BCUT2D eigenvalue weighted by molar-refractivity contribution is -0.114. The fourth-order valence-electron chi connectivity index (χ4n) is 2.85. The normalized spacial score (nSPS) is 15.9. The third-order valence-electron chi connectivity index (χ3n) is 3.92. The summed E-state index contributed by atoms with van der Waals surface area (Å²) in [6.07, 6.45) is 3.57. The van der Waals surface area contributed by atoms with E-state index in [0.29, 0.717) is 28.4 Å². The molecule has 0 bridgehead atoms. The third-order valence-corrected chi connectivity index (χ3v) is 3.92. The molecular formula is C17H13N3O3. The lowest BCUT2D eigenvalue weighted by Gasteiger charge is -2.31. The molecule has 23 heavy (non-hydrogen) atoms. The van der Waals surface area contributed by atoms with Gasteiger partial charge in [0.15, 0.2) is 11.6 Å². The van der Waals surface area contributed by atoms with Crippen LogP contribution >= 0.6 is 0 Å². The Morgan fingerprint density at radius 2 is 2.09 bits per heavy atom. The number of fused-ring (bicyclic) bond motifs is 5. The number of carbonyl (C=O) groups is 1. The molecule has 3 heterocycles. The summed E-state index contributed by atoms with van der Waals surface area (Å²) in [5.74, 6) is 0.319. The molecule has 6 heteroatoms. The zero-order valence-electron chi connectivity index (χ0n) is 12.6. The Bertz CT molecular complexity index is 1010. The van der Waals surface area contributed by atoms with Gasteiger partial charge in [0.05, 0.1) is 5.70 Å². The van der Waals surface area contributed by atoms with Gasteiger partial charge in [0.2, 0.25) is 0 Å². The number of ketones is 1. The van der Waals surface area contributed by atoms with Crippen molar-refractivity contribution in [3.63, 3.8) is 0 Å². The molecule has 2 aliphatic rings. The molecule has 6 nitrogen and oxygen atoms in total. The average Bonchev–Trinajstić information content (AvgIpc) is 2.53. The van der Waals surface area contributed by atoms with Crippen molar-refractivity contribution in [3.05, 3.63) is 63.4 Å². The first kappa shape index (κ1) is 13.5. The number of aliphatic imine (C=N–C) groups is 1. The van der Waals surface area contributed by atoms with Gasteiger partial charge in [-0.05, 0) is 19.1 Å². The highest BCUT2D eigenvalue weighted by Gasteiger charge is 2.29. The van der Waals surface area contributed by atoms with Crippen molar-refractivity contribution in [2.45, 2.75) is 13.8 Å². The predicted octanol–water partition coefficient (Wildman–Crippen LogP) is 2.16. The summed E-state index contributed by atoms with van der Waals surface area (Å²) in [6.45, 7) is 3.20. The Kier molecular flexibility index (Phi) is 2.74. The standard InChI is InChI=1S/C17H13N3O3/c1-9-15(10(2)21)19-20-8-7-12-11-5-3-4-6-13(11)23-17(22)14(12)16(20)18-9/h3-8,19H,1-2H3. The SMILES string of the molecule is CC(=O)C1=C(C)N=C2c3c(c4ccccc4oc3=O)C=CN2N1. The van der Waals surface area contributed by atoms with E-state index in [1.807, 2.05) is 24.3 Å². The van der Waals surface area contributed by atoms with Gasteiger partial charge in [-0.1, -0.05) is 18.2 Å². The molecule has 0 atom stereocenters. The van der Waals surface area contributed by atoms with Crippen molar-refractivity contribution in [1.82, 2.24) is 10.4 Å². The van der Waals surface area contributed by atoms with E-state index in [1.165, 1.54) is 6.92 Å².